The molecule has 0 atom stereocenters. The number of carbonyl (C=O) groups excluding carboxylic acids is 1. The van der Waals surface area contributed by atoms with Gasteiger partial charge in [-0.25, -0.2) is 4.39 Å². The van der Waals surface area contributed by atoms with Crippen LogP contribution in [-0.2, 0) is 4.79 Å². The molecule has 0 spiro atoms. The summed E-state index contributed by atoms with van der Waals surface area (Å²) in [7, 11) is 0. The number of nitrogens with one attached hydrogen (secondary N) is 1. The third-order valence-corrected chi connectivity index (χ3v) is 1.31. The molecule has 0 bridgehead atoms. The van der Waals surface area contributed by atoms with Crippen molar-refractivity contribution in [1.29, 1.82) is 0 Å². The highest BCUT2D eigenvalue weighted by molar-refractivity contribution is 6.31. The highest BCUT2D eigenvalue weighted by atomic mass is 19.1. The van der Waals surface area contributed by atoms with Gasteiger partial charge in [0, 0.05) is 0 Å². The molecule has 0 aliphatic heterocycles. The summed E-state index contributed by atoms with van der Waals surface area (Å²) in [4.78, 5) is 10.8. The number of nitrogens with zero attached hydrogens (tertiary/aromatic N) is 1. The standard InChI is InChI=1S/C8H7FN2O2/c9-6-3-1-2-4-7(6)11-8(12)5-10-13/h1-5,13H,(H,11,12)/b10-5-. The van der Waals surface area contributed by atoms with Gasteiger partial charge in [-0.3, -0.25) is 4.79 Å². The summed E-state index contributed by atoms with van der Waals surface area (Å²) in [5.41, 5.74) is 0.0485. The van der Waals surface area contributed by atoms with Crippen molar-refractivity contribution in [3.63, 3.8) is 0 Å². The smallest absolute Gasteiger partial charge is 0.270 e. The van der Waals surface area contributed by atoms with Gasteiger partial charge in [-0.2, -0.15) is 0 Å². The highest BCUT2D eigenvalue weighted by Gasteiger charge is 2.02. The van der Waals surface area contributed by atoms with Gasteiger partial charge in [-0.15, -0.1) is 0 Å². The monoisotopic (exact) mass is 182 g/mol. The molecular weight excluding hydrogens is 175 g/mol. The van der Waals surface area contributed by atoms with Gasteiger partial charge in [-0.05, 0) is 12.1 Å². The molecule has 0 saturated carbocycles. The summed E-state index contributed by atoms with van der Waals surface area (Å²) in [5.74, 6) is -1.23. The molecule has 1 aromatic rings. The van der Waals surface area contributed by atoms with Crippen molar-refractivity contribution in [2.24, 2.45) is 5.16 Å². The molecule has 0 radical (unpaired) electrons. The first-order valence-electron chi connectivity index (χ1n) is 3.47. The Labute approximate surface area is 73.7 Å². The number of oxime groups is 1. The molecule has 0 aromatic heterocycles. The largest absolute Gasteiger partial charge is 0.411 e. The van der Waals surface area contributed by atoms with E-state index in [1.807, 2.05) is 0 Å². The Morgan fingerprint density at radius 1 is 1.54 bits per heavy atom. The van der Waals surface area contributed by atoms with Crippen molar-refractivity contribution < 1.29 is 14.4 Å². The van der Waals surface area contributed by atoms with Crippen LogP contribution < -0.4 is 5.32 Å². The summed E-state index contributed by atoms with van der Waals surface area (Å²) < 4.78 is 12.9. The van der Waals surface area contributed by atoms with Crippen LogP contribution in [0, 0.1) is 5.82 Å². The average Bonchev–Trinajstić information content (AvgIpc) is 2.09. The molecule has 0 saturated heterocycles. The number of para-hydroxylation sites is 1. The molecule has 0 aliphatic carbocycles. The lowest BCUT2D eigenvalue weighted by atomic mass is 10.3. The Kier molecular flexibility index (Phi) is 2.97. The van der Waals surface area contributed by atoms with Gasteiger partial charge in [0.1, 0.15) is 12.0 Å². The minimum absolute atomic E-state index is 0.0485. The van der Waals surface area contributed by atoms with E-state index in [2.05, 4.69) is 10.5 Å². The van der Waals surface area contributed by atoms with Gasteiger partial charge in [0.25, 0.3) is 5.91 Å². The molecule has 2 N–H and O–H groups in total. The Morgan fingerprint density at radius 2 is 2.23 bits per heavy atom. The van der Waals surface area contributed by atoms with E-state index >= 15 is 0 Å². The van der Waals surface area contributed by atoms with Gasteiger partial charge in [0.05, 0.1) is 5.69 Å². The van der Waals surface area contributed by atoms with E-state index in [1.165, 1.54) is 18.2 Å². The van der Waals surface area contributed by atoms with Crippen LogP contribution in [0.2, 0.25) is 0 Å². The van der Waals surface area contributed by atoms with Crippen molar-refractivity contribution in [1.82, 2.24) is 0 Å². The van der Waals surface area contributed by atoms with Crippen LogP contribution >= 0.6 is 0 Å². The van der Waals surface area contributed by atoms with Gasteiger partial charge < -0.3 is 10.5 Å². The number of hydrogen-bond donors (Lipinski definition) is 2. The fourth-order valence-corrected chi connectivity index (χ4v) is 0.780. The molecule has 1 amide bonds. The van der Waals surface area contributed by atoms with Crippen molar-refractivity contribution in [3.05, 3.63) is 30.1 Å². The molecule has 68 valence electrons. The molecule has 1 aromatic carbocycles. The van der Waals surface area contributed by atoms with Crippen LogP contribution in [0.15, 0.2) is 29.4 Å². The highest BCUT2D eigenvalue weighted by Crippen LogP contribution is 2.11. The Hall–Kier alpha value is -1.91. The molecule has 0 unspecified atom stereocenters. The predicted molar refractivity (Wildman–Crippen MR) is 45.3 cm³/mol. The maximum atomic E-state index is 12.9. The maximum Gasteiger partial charge on any atom is 0.270 e. The van der Waals surface area contributed by atoms with E-state index in [0.717, 1.165) is 0 Å². The van der Waals surface area contributed by atoms with Crippen LogP contribution in [0.4, 0.5) is 10.1 Å². The third-order valence-electron chi connectivity index (χ3n) is 1.31. The van der Waals surface area contributed by atoms with Crippen LogP contribution in [0.25, 0.3) is 0 Å². The lowest BCUT2D eigenvalue weighted by molar-refractivity contribution is -0.110. The zero-order chi connectivity index (χ0) is 9.68. The molecular formula is C8H7FN2O2. The van der Waals surface area contributed by atoms with Crippen molar-refractivity contribution >= 4 is 17.8 Å². The topological polar surface area (TPSA) is 61.7 Å². The summed E-state index contributed by atoms with van der Waals surface area (Å²) in [6, 6.07) is 5.70. The summed E-state index contributed by atoms with van der Waals surface area (Å²) in [6.45, 7) is 0. The number of benzene rings is 1. The first-order chi connectivity index (χ1) is 6.24. The lowest BCUT2D eigenvalue weighted by Gasteiger charge is -2.01. The van der Waals surface area contributed by atoms with Crippen LogP contribution in [0.5, 0.6) is 0 Å². The van der Waals surface area contributed by atoms with E-state index in [-0.39, 0.29) is 5.69 Å². The number of rotatable bonds is 2. The molecule has 0 heterocycles. The second kappa shape index (κ2) is 4.20. The minimum atomic E-state index is -0.687. The van der Waals surface area contributed by atoms with Crippen molar-refractivity contribution in [2.75, 3.05) is 5.32 Å². The SMILES string of the molecule is O=C(/C=N\O)Nc1ccccc1F. The number of halogens is 1. The van der Waals surface area contributed by atoms with E-state index in [9.17, 15) is 9.18 Å². The zero-order valence-corrected chi connectivity index (χ0v) is 6.57. The molecule has 13 heavy (non-hydrogen) atoms. The quantitative estimate of drug-likeness (QED) is 0.410. The maximum absolute atomic E-state index is 12.9. The normalized spacial score (nSPS) is 10.2. The van der Waals surface area contributed by atoms with Gasteiger partial charge in [-0.1, -0.05) is 17.3 Å². The van der Waals surface area contributed by atoms with Crippen LogP contribution in [-0.4, -0.2) is 17.3 Å². The molecule has 5 heteroatoms. The van der Waals surface area contributed by atoms with E-state index in [4.69, 9.17) is 5.21 Å². The minimum Gasteiger partial charge on any atom is -0.411 e. The first-order valence-corrected chi connectivity index (χ1v) is 3.47. The molecule has 1 rings (SSSR count). The second-order valence-electron chi connectivity index (χ2n) is 2.21. The van der Waals surface area contributed by atoms with Gasteiger partial charge in [0.2, 0.25) is 0 Å². The number of amides is 1. The van der Waals surface area contributed by atoms with Crippen molar-refractivity contribution in [2.45, 2.75) is 0 Å². The average molecular weight is 182 g/mol. The summed E-state index contributed by atoms with van der Waals surface area (Å²) in [5, 5.41) is 12.7. The fraction of sp³-hybridized carbons (Fsp3) is 0. The Morgan fingerprint density at radius 3 is 2.85 bits per heavy atom. The molecule has 0 aliphatic rings. The lowest BCUT2D eigenvalue weighted by Crippen LogP contribution is -2.13. The van der Waals surface area contributed by atoms with Gasteiger partial charge in [0.15, 0.2) is 0 Å². The molecule has 0 fully saturated rings. The third kappa shape index (κ3) is 2.55. The van der Waals surface area contributed by atoms with Gasteiger partial charge >= 0.3 is 0 Å². The number of hydrogen-bond acceptors (Lipinski definition) is 3. The second-order valence-corrected chi connectivity index (χ2v) is 2.21. The summed E-state index contributed by atoms with van der Waals surface area (Å²) >= 11 is 0. The van der Waals surface area contributed by atoms with Crippen LogP contribution in [0.3, 0.4) is 0 Å². The summed E-state index contributed by atoms with van der Waals surface area (Å²) in [6.07, 6.45) is 0.645. The Bertz CT molecular complexity index is 339. The predicted octanol–water partition coefficient (Wildman–Crippen LogP) is 1.22. The fourth-order valence-electron chi connectivity index (χ4n) is 0.780. The van der Waals surface area contributed by atoms with E-state index in [1.54, 1.807) is 6.07 Å². The van der Waals surface area contributed by atoms with E-state index in [0.29, 0.717) is 6.21 Å². The molecule has 4 nitrogen and oxygen atoms in total. The Balaban J connectivity index is 2.74. The first kappa shape index (κ1) is 9.18. The number of anilines is 1. The van der Waals surface area contributed by atoms with Crippen LogP contribution in [0.1, 0.15) is 0 Å². The zero-order valence-electron chi connectivity index (χ0n) is 6.57. The van der Waals surface area contributed by atoms with E-state index < -0.39 is 11.7 Å². The van der Waals surface area contributed by atoms with Crippen molar-refractivity contribution in [3.8, 4) is 0 Å². The number of carbonyl (C=O) groups is 1.